The molecule has 1 aromatic heterocycles. The highest BCUT2D eigenvalue weighted by Crippen LogP contribution is 2.45. The van der Waals surface area contributed by atoms with E-state index in [2.05, 4.69) is 15.5 Å². The van der Waals surface area contributed by atoms with Gasteiger partial charge in [0.2, 0.25) is 11.0 Å². The van der Waals surface area contributed by atoms with Gasteiger partial charge in [-0.2, -0.15) is 0 Å². The van der Waals surface area contributed by atoms with Crippen LogP contribution < -0.4 is 11.1 Å². The van der Waals surface area contributed by atoms with Crippen molar-refractivity contribution >= 4 is 22.4 Å². The summed E-state index contributed by atoms with van der Waals surface area (Å²) in [5.74, 6) is -0.0215. The molecule has 0 aromatic carbocycles. The van der Waals surface area contributed by atoms with E-state index in [1.165, 1.54) is 11.3 Å². The van der Waals surface area contributed by atoms with E-state index < -0.39 is 0 Å². The summed E-state index contributed by atoms with van der Waals surface area (Å²) < 4.78 is 0. The second kappa shape index (κ2) is 3.04. The van der Waals surface area contributed by atoms with E-state index in [4.69, 9.17) is 5.73 Å². The van der Waals surface area contributed by atoms with E-state index in [0.717, 1.165) is 12.8 Å². The molecule has 1 aliphatic rings. The molecule has 0 radical (unpaired) electrons. The molecule has 0 spiro atoms. The predicted octanol–water partition coefficient (Wildman–Crippen LogP) is 0.215. The van der Waals surface area contributed by atoms with Gasteiger partial charge in [-0.15, -0.1) is 10.2 Å². The minimum Gasteiger partial charge on any atom is -0.329 e. The van der Waals surface area contributed by atoms with Crippen LogP contribution in [-0.2, 0) is 4.79 Å². The molecule has 5 nitrogen and oxygen atoms in total. The first-order valence-corrected chi connectivity index (χ1v) is 4.92. The summed E-state index contributed by atoms with van der Waals surface area (Å²) in [7, 11) is 0. The Balaban J connectivity index is 2.00. The molecule has 1 aromatic rings. The average molecular weight is 198 g/mol. The minimum absolute atomic E-state index is 0.0215. The monoisotopic (exact) mass is 198 g/mol. The van der Waals surface area contributed by atoms with Crippen molar-refractivity contribution in [2.24, 2.45) is 11.1 Å². The lowest BCUT2D eigenvalue weighted by atomic mass is 10.1. The lowest BCUT2D eigenvalue weighted by Crippen LogP contribution is -2.30. The lowest BCUT2D eigenvalue weighted by Gasteiger charge is -2.09. The van der Waals surface area contributed by atoms with Crippen LogP contribution in [0.25, 0.3) is 0 Å². The van der Waals surface area contributed by atoms with Gasteiger partial charge in [-0.3, -0.25) is 4.79 Å². The Kier molecular flexibility index (Phi) is 2.01. The van der Waals surface area contributed by atoms with Crippen molar-refractivity contribution in [1.82, 2.24) is 10.2 Å². The fourth-order valence-corrected chi connectivity index (χ4v) is 1.57. The molecule has 0 bridgehead atoms. The van der Waals surface area contributed by atoms with Crippen LogP contribution in [0.15, 0.2) is 5.51 Å². The topological polar surface area (TPSA) is 80.9 Å². The minimum atomic E-state index is -0.314. The highest BCUT2D eigenvalue weighted by molar-refractivity contribution is 7.13. The van der Waals surface area contributed by atoms with E-state index in [1.54, 1.807) is 5.51 Å². The fraction of sp³-hybridized carbons (Fsp3) is 0.571. The molecule has 1 amide bonds. The molecule has 13 heavy (non-hydrogen) atoms. The number of anilines is 1. The van der Waals surface area contributed by atoms with Crippen LogP contribution in [0.2, 0.25) is 0 Å². The molecule has 2 rings (SSSR count). The zero-order chi connectivity index (χ0) is 9.31. The summed E-state index contributed by atoms with van der Waals surface area (Å²) in [6.45, 7) is 0.414. The lowest BCUT2D eigenvalue weighted by molar-refractivity contribution is -0.120. The fourth-order valence-electron chi connectivity index (χ4n) is 1.13. The van der Waals surface area contributed by atoms with Gasteiger partial charge in [-0.25, -0.2) is 0 Å². The zero-order valence-electron chi connectivity index (χ0n) is 6.99. The summed E-state index contributed by atoms with van der Waals surface area (Å²) in [6, 6.07) is 0. The van der Waals surface area contributed by atoms with Gasteiger partial charge in [0.05, 0.1) is 5.41 Å². The third-order valence-corrected chi connectivity index (χ3v) is 2.91. The summed E-state index contributed by atoms with van der Waals surface area (Å²) in [5.41, 5.74) is 6.77. The second-order valence-electron chi connectivity index (χ2n) is 3.18. The first-order chi connectivity index (χ1) is 6.27. The molecule has 1 fully saturated rings. The Hall–Kier alpha value is -1.01. The number of amides is 1. The van der Waals surface area contributed by atoms with Crippen LogP contribution in [0.5, 0.6) is 0 Å². The van der Waals surface area contributed by atoms with Crippen LogP contribution in [0.4, 0.5) is 5.13 Å². The zero-order valence-corrected chi connectivity index (χ0v) is 7.80. The number of hydrogen-bond donors (Lipinski definition) is 2. The van der Waals surface area contributed by atoms with Crippen LogP contribution in [0.3, 0.4) is 0 Å². The summed E-state index contributed by atoms with van der Waals surface area (Å²) in [5, 5.41) is 10.6. The number of carbonyl (C=O) groups is 1. The third-order valence-electron chi connectivity index (χ3n) is 2.31. The highest BCUT2D eigenvalue weighted by atomic mass is 32.1. The first kappa shape index (κ1) is 8.58. The molecule has 6 heteroatoms. The molecular weight excluding hydrogens is 188 g/mol. The highest BCUT2D eigenvalue weighted by Gasteiger charge is 2.48. The normalized spacial score (nSPS) is 18.2. The van der Waals surface area contributed by atoms with E-state index in [0.29, 0.717) is 11.7 Å². The molecule has 1 aliphatic carbocycles. The Morgan fingerprint density at radius 2 is 2.54 bits per heavy atom. The quantitative estimate of drug-likeness (QED) is 0.727. The Morgan fingerprint density at radius 3 is 3.00 bits per heavy atom. The van der Waals surface area contributed by atoms with Gasteiger partial charge in [0.15, 0.2) is 0 Å². The largest absolute Gasteiger partial charge is 0.329 e. The number of rotatable bonds is 3. The van der Waals surface area contributed by atoms with Crippen molar-refractivity contribution in [2.45, 2.75) is 12.8 Å². The number of nitrogens with one attached hydrogen (secondary N) is 1. The second-order valence-corrected chi connectivity index (χ2v) is 4.02. The van der Waals surface area contributed by atoms with Crippen LogP contribution >= 0.6 is 11.3 Å². The Bertz CT molecular complexity index is 306. The van der Waals surface area contributed by atoms with Gasteiger partial charge >= 0.3 is 0 Å². The number of nitrogens with two attached hydrogens (primary N) is 1. The van der Waals surface area contributed by atoms with Crippen LogP contribution in [-0.4, -0.2) is 22.6 Å². The maximum Gasteiger partial charge on any atom is 0.233 e. The van der Waals surface area contributed by atoms with E-state index in [1.807, 2.05) is 0 Å². The number of carbonyl (C=O) groups excluding carboxylic acids is 1. The van der Waals surface area contributed by atoms with Gasteiger partial charge in [-0.05, 0) is 12.8 Å². The van der Waals surface area contributed by atoms with Gasteiger partial charge in [0.25, 0.3) is 0 Å². The van der Waals surface area contributed by atoms with E-state index >= 15 is 0 Å². The van der Waals surface area contributed by atoms with E-state index in [-0.39, 0.29) is 11.3 Å². The Morgan fingerprint density at radius 1 is 1.77 bits per heavy atom. The maximum absolute atomic E-state index is 11.6. The van der Waals surface area contributed by atoms with Crippen LogP contribution in [0, 0.1) is 5.41 Å². The van der Waals surface area contributed by atoms with Crippen molar-refractivity contribution in [1.29, 1.82) is 0 Å². The number of hydrogen-bond acceptors (Lipinski definition) is 5. The van der Waals surface area contributed by atoms with Gasteiger partial charge in [-0.1, -0.05) is 11.3 Å². The van der Waals surface area contributed by atoms with Crippen molar-refractivity contribution < 1.29 is 4.79 Å². The Labute approximate surface area is 79.3 Å². The number of aromatic nitrogens is 2. The maximum atomic E-state index is 11.6. The summed E-state index contributed by atoms with van der Waals surface area (Å²) >= 11 is 1.31. The molecule has 0 atom stereocenters. The molecule has 1 saturated carbocycles. The average Bonchev–Trinajstić information content (AvgIpc) is 2.79. The van der Waals surface area contributed by atoms with Gasteiger partial charge in [0, 0.05) is 6.54 Å². The van der Waals surface area contributed by atoms with Gasteiger partial charge < -0.3 is 11.1 Å². The predicted molar refractivity (Wildman–Crippen MR) is 49.3 cm³/mol. The van der Waals surface area contributed by atoms with Crippen molar-refractivity contribution in [3.8, 4) is 0 Å². The number of nitrogens with zero attached hydrogens (tertiary/aromatic N) is 2. The standard InChI is InChI=1S/C7H10N4OS/c8-3-7(1-2-7)5(12)10-6-11-9-4-13-6/h4H,1-3,8H2,(H,10,11,12). The molecule has 0 aliphatic heterocycles. The summed E-state index contributed by atoms with van der Waals surface area (Å²) in [4.78, 5) is 11.6. The third kappa shape index (κ3) is 1.54. The summed E-state index contributed by atoms with van der Waals surface area (Å²) in [6.07, 6.45) is 1.77. The molecule has 1 heterocycles. The SMILES string of the molecule is NCC1(C(=O)Nc2nncs2)CC1. The van der Waals surface area contributed by atoms with Crippen molar-refractivity contribution in [3.63, 3.8) is 0 Å². The van der Waals surface area contributed by atoms with Crippen LogP contribution in [0.1, 0.15) is 12.8 Å². The van der Waals surface area contributed by atoms with E-state index in [9.17, 15) is 4.79 Å². The molecule has 0 unspecified atom stereocenters. The molecule has 3 N–H and O–H groups in total. The molecule has 70 valence electrons. The van der Waals surface area contributed by atoms with Crippen molar-refractivity contribution in [3.05, 3.63) is 5.51 Å². The van der Waals surface area contributed by atoms with Gasteiger partial charge in [0.1, 0.15) is 5.51 Å². The molecular formula is C7H10N4OS. The smallest absolute Gasteiger partial charge is 0.233 e. The first-order valence-electron chi connectivity index (χ1n) is 4.04. The molecule has 0 saturated heterocycles. The van der Waals surface area contributed by atoms with Crippen molar-refractivity contribution in [2.75, 3.05) is 11.9 Å².